The van der Waals surface area contributed by atoms with Crippen LogP contribution in [0.4, 0.5) is 20.3 Å². The summed E-state index contributed by atoms with van der Waals surface area (Å²) in [6.07, 6.45) is -0.475. The third-order valence-electron chi connectivity index (χ3n) is 4.09. The molecular weight excluding hydrogens is 306 g/mol. The van der Waals surface area contributed by atoms with Gasteiger partial charge in [0, 0.05) is 19.5 Å². The molecule has 0 spiro atoms. The van der Waals surface area contributed by atoms with Gasteiger partial charge >= 0.3 is 0 Å². The number of anilines is 2. The van der Waals surface area contributed by atoms with E-state index in [4.69, 9.17) is 4.74 Å². The first kappa shape index (κ1) is 16.1. The Hall–Kier alpha value is -1.80. The van der Waals surface area contributed by atoms with Crippen molar-refractivity contribution in [1.82, 2.24) is 10.3 Å². The van der Waals surface area contributed by atoms with Gasteiger partial charge in [-0.1, -0.05) is 0 Å². The Morgan fingerprint density at radius 3 is 2.78 bits per heavy atom. The molecule has 0 radical (unpaired) electrons. The van der Waals surface area contributed by atoms with E-state index in [9.17, 15) is 13.6 Å². The van der Waals surface area contributed by atoms with E-state index < -0.39 is 30.8 Å². The lowest BCUT2D eigenvalue weighted by Crippen LogP contribution is -2.37. The molecule has 1 unspecified atom stereocenters. The standard InChI is InChI=1S/C15H20F2N4O2/c1-10-11(20-14(22)12-8-15(16,17)9-18-12)2-3-13(19-10)21-4-6-23-7-5-21/h2-3,12,18H,4-9H2,1H3,(H,20,22). The number of nitrogens with one attached hydrogen (secondary N) is 2. The number of halogens is 2. The number of ether oxygens (including phenoxy) is 1. The highest BCUT2D eigenvalue weighted by Gasteiger charge is 2.42. The summed E-state index contributed by atoms with van der Waals surface area (Å²) in [4.78, 5) is 18.7. The fourth-order valence-electron chi connectivity index (χ4n) is 2.77. The molecule has 2 fully saturated rings. The smallest absolute Gasteiger partial charge is 0.262 e. The Morgan fingerprint density at radius 1 is 1.43 bits per heavy atom. The first-order valence-corrected chi connectivity index (χ1v) is 7.67. The van der Waals surface area contributed by atoms with E-state index in [1.54, 1.807) is 13.0 Å². The number of hydrogen-bond donors (Lipinski definition) is 2. The highest BCUT2D eigenvalue weighted by molar-refractivity contribution is 5.95. The summed E-state index contributed by atoms with van der Waals surface area (Å²) in [5, 5.41) is 5.22. The molecular formula is C15H20F2N4O2. The molecule has 23 heavy (non-hydrogen) atoms. The second-order valence-electron chi connectivity index (χ2n) is 5.88. The average molecular weight is 326 g/mol. The summed E-state index contributed by atoms with van der Waals surface area (Å²) < 4.78 is 31.6. The number of rotatable bonds is 3. The van der Waals surface area contributed by atoms with Crippen LogP contribution in [0.1, 0.15) is 12.1 Å². The van der Waals surface area contributed by atoms with Gasteiger partial charge in [-0.3, -0.25) is 10.1 Å². The minimum atomic E-state index is -2.82. The molecule has 3 heterocycles. The van der Waals surface area contributed by atoms with E-state index in [0.717, 1.165) is 18.9 Å². The minimum Gasteiger partial charge on any atom is -0.378 e. The topological polar surface area (TPSA) is 66.5 Å². The second kappa shape index (κ2) is 6.37. The Labute approximate surface area is 133 Å². The number of amides is 1. The molecule has 2 aliphatic heterocycles. The van der Waals surface area contributed by atoms with Gasteiger partial charge in [-0.05, 0) is 19.1 Å². The number of aryl methyl sites for hydroxylation is 1. The molecule has 0 aliphatic carbocycles. The molecule has 0 aromatic carbocycles. The van der Waals surface area contributed by atoms with Crippen molar-refractivity contribution < 1.29 is 18.3 Å². The summed E-state index contributed by atoms with van der Waals surface area (Å²) in [6.45, 7) is 4.22. The Balaban J connectivity index is 1.65. The van der Waals surface area contributed by atoms with Crippen LogP contribution in [0.15, 0.2) is 12.1 Å². The molecule has 2 saturated heterocycles. The van der Waals surface area contributed by atoms with Gasteiger partial charge in [0.25, 0.3) is 5.92 Å². The number of hydrogen-bond acceptors (Lipinski definition) is 5. The maximum Gasteiger partial charge on any atom is 0.262 e. The molecule has 1 aromatic rings. The Bertz CT molecular complexity index is 591. The van der Waals surface area contributed by atoms with Crippen molar-refractivity contribution in [3.05, 3.63) is 17.8 Å². The molecule has 2 aliphatic rings. The second-order valence-corrected chi connectivity index (χ2v) is 5.88. The van der Waals surface area contributed by atoms with Gasteiger partial charge in [-0.15, -0.1) is 0 Å². The van der Waals surface area contributed by atoms with Gasteiger partial charge in [0.1, 0.15) is 5.82 Å². The van der Waals surface area contributed by atoms with Crippen molar-refractivity contribution in [3.63, 3.8) is 0 Å². The first-order chi connectivity index (χ1) is 10.9. The van der Waals surface area contributed by atoms with E-state index in [-0.39, 0.29) is 0 Å². The van der Waals surface area contributed by atoms with E-state index in [1.807, 2.05) is 6.07 Å². The zero-order valence-corrected chi connectivity index (χ0v) is 12.9. The lowest BCUT2D eigenvalue weighted by atomic mass is 10.1. The number of aromatic nitrogens is 1. The van der Waals surface area contributed by atoms with Gasteiger partial charge in [0.05, 0.1) is 37.2 Å². The summed E-state index contributed by atoms with van der Waals surface area (Å²) >= 11 is 0. The van der Waals surface area contributed by atoms with E-state index in [2.05, 4.69) is 20.5 Å². The monoisotopic (exact) mass is 326 g/mol. The molecule has 1 amide bonds. The van der Waals surface area contributed by atoms with Crippen LogP contribution < -0.4 is 15.5 Å². The zero-order valence-electron chi connectivity index (χ0n) is 12.9. The summed E-state index contributed by atoms with van der Waals surface area (Å²) in [6, 6.07) is 2.71. The van der Waals surface area contributed by atoms with Crippen LogP contribution >= 0.6 is 0 Å². The minimum absolute atomic E-state index is 0.453. The number of morpholine rings is 1. The van der Waals surface area contributed by atoms with Crippen LogP contribution in [0.3, 0.4) is 0 Å². The van der Waals surface area contributed by atoms with Gasteiger partial charge in [-0.25, -0.2) is 13.8 Å². The number of carbonyl (C=O) groups is 1. The normalized spacial score (nSPS) is 23.8. The first-order valence-electron chi connectivity index (χ1n) is 7.67. The number of carbonyl (C=O) groups excluding carboxylic acids is 1. The van der Waals surface area contributed by atoms with Gasteiger partial charge < -0.3 is 15.0 Å². The predicted octanol–water partition coefficient (Wildman–Crippen LogP) is 1.16. The van der Waals surface area contributed by atoms with E-state index in [1.165, 1.54) is 0 Å². The molecule has 8 heteroatoms. The molecule has 6 nitrogen and oxygen atoms in total. The summed E-state index contributed by atoms with van der Waals surface area (Å²) in [5.41, 5.74) is 1.20. The molecule has 2 N–H and O–H groups in total. The quantitative estimate of drug-likeness (QED) is 0.873. The van der Waals surface area contributed by atoms with Gasteiger partial charge in [-0.2, -0.15) is 0 Å². The average Bonchev–Trinajstić information content (AvgIpc) is 2.90. The van der Waals surface area contributed by atoms with Gasteiger partial charge in [0.2, 0.25) is 5.91 Å². The lowest BCUT2D eigenvalue weighted by molar-refractivity contribution is -0.118. The van der Waals surface area contributed by atoms with Crippen LogP contribution in [0.2, 0.25) is 0 Å². The maximum atomic E-state index is 13.2. The van der Waals surface area contributed by atoms with Crippen LogP contribution in [-0.2, 0) is 9.53 Å². The van der Waals surface area contributed by atoms with Crippen LogP contribution in [0.5, 0.6) is 0 Å². The largest absolute Gasteiger partial charge is 0.378 e. The van der Waals surface area contributed by atoms with Crippen molar-refractivity contribution in [2.75, 3.05) is 43.1 Å². The Kier molecular flexibility index (Phi) is 4.45. The fourth-order valence-corrected chi connectivity index (χ4v) is 2.77. The maximum absolute atomic E-state index is 13.2. The van der Waals surface area contributed by atoms with E-state index in [0.29, 0.717) is 24.6 Å². The number of pyridine rings is 1. The lowest BCUT2D eigenvalue weighted by Gasteiger charge is -2.28. The fraction of sp³-hybridized carbons (Fsp3) is 0.600. The molecule has 0 saturated carbocycles. The third-order valence-corrected chi connectivity index (χ3v) is 4.09. The highest BCUT2D eigenvalue weighted by atomic mass is 19.3. The van der Waals surface area contributed by atoms with Crippen LogP contribution in [-0.4, -0.2) is 55.7 Å². The molecule has 3 rings (SSSR count). The molecule has 126 valence electrons. The molecule has 1 aromatic heterocycles. The van der Waals surface area contributed by atoms with Gasteiger partial charge in [0.15, 0.2) is 0 Å². The number of nitrogens with zero attached hydrogens (tertiary/aromatic N) is 2. The van der Waals surface area contributed by atoms with Crippen molar-refractivity contribution in [2.24, 2.45) is 0 Å². The van der Waals surface area contributed by atoms with Crippen molar-refractivity contribution >= 4 is 17.4 Å². The summed E-state index contributed by atoms with van der Waals surface area (Å²) in [7, 11) is 0. The third kappa shape index (κ3) is 3.76. The highest BCUT2D eigenvalue weighted by Crippen LogP contribution is 2.26. The predicted molar refractivity (Wildman–Crippen MR) is 82.0 cm³/mol. The van der Waals surface area contributed by atoms with Crippen molar-refractivity contribution in [1.29, 1.82) is 0 Å². The molecule has 1 atom stereocenters. The van der Waals surface area contributed by atoms with Crippen molar-refractivity contribution in [2.45, 2.75) is 25.3 Å². The van der Waals surface area contributed by atoms with Crippen LogP contribution in [0.25, 0.3) is 0 Å². The van der Waals surface area contributed by atoms with Crippen LogP contribution in [0, 0.1) is 6.92 Å². The zero-order chi connectivity index (χ0) is 16.4. The van der Waals surface area contributed by atoms with Crippen molar-refractivity contribution in [3.8, 4) is 0 Å². The summed E-state index contributed by atoms with van der Waals surface area (Å²) in [5.74, 6) is -2.45. The van der Waals surface area contributed by atoms with E-state index >= 15 is 0 Å². The SMILES string of the molecule is Cc1nc(N2CCOCC2)ccc1NC(=O)C1CC(F)(F)CN1. The number of alkyl halides is 2. The Morgan fingerprint density at radius 2 is 2.17 bits per heavy atom. The molecule has 0 bridgehead atoms.